The quantitative estimate of drug-likeness (QED) is 0.613. The molecule has 0 aromatic heterocycles. The van der Waals surface area contributed by atoms with E-state index in [0.29, 0.717) is 13.0 Å². The zero-order valence-corrected chi connectivity index (χ0v) is 8.05. The van der Waals surface area contributed by atoms with Crippen molar-refractivity contribution in [1.82, 2.24) is 5.32 Å². The molecule has 3 heteroatoms. The Bertz CT molecular complexity index is 171. The average Bonchev–Trinajstić information content (AvgIpc) is 2.02. The van der Waals surface area contributed by atoms with Crippen molar-refractivity contribution in [3.05, 3.63) is 11.6 Å². The molecule has 0 rings (SSSR count). The van der Waals surface area contributed by atoms with E-state index in [9.17, 15) is 4.79 Å². The van der Waals surface area contributed by atoms with Crippen LogP contribution in [0.3, 0.4) is 0 Å². The smallest absolute Gasteiger partial charge is 0.237 e. The molecule has 0 aliphatic carbocycles. The molecule has 1 amide bonds. The minimum atomic E-state index is -0.365. The van der Waals surface area contributed by atoms with Gasteiger partial charge in [-0.15, -0.1) is 0 Å². The van der Waals surface area contributed by atoms with Gasteiger partial charge in [-0.1, -0.05) is 18.6 Å². The number of hydrogen-bond acceptors (Lipinski definition) is 2. The molecule has 0 saturated carbocycles. The van der Waals surface area contributed by atoms with Crippen LogP contribution in [-0.4, -0.2) is 18.5 Å². The summed E-state index contributed by atoms with van der Waals surface area (Å²) in [6, 6.07) is -0.365. The number of rotatable bonds is 4. The highest BCUT2D eigenvalue weighted by Crippen LogP contribution is 1.88. The minimum absolute atomic E-state index is 0.0741. The summed E-state index contributed by atoms with van der Waals surface area (Å²) in [4.78, 5) is 11.1. The Hall–Kier alpha value is -0.830. The van der Waals surface area contributed by atoms with E-state index in [0.717, 1.165) is 0 Å². The Morgan fingerprint density at radius 2 is 2.17 bits per heavy atom. The molecule has 3 nitrogen and oxygen atoms in total. The standard InChI is InChI=1S/C9H18N2O/c1-4-8(10)9(12)11-6-5-7(2)3/h5,8H,4,6,10H2,1-3H3,(H,11,12). The Kier molecular flexibility index (Phi) is 5.37. The van der Waals surface area contributed by atoms with Gasteiger partial charge in [-0.3, -0.25) is 4.79 Å². The van der Waals surface area contributed by atoms with Crippen molar-refractivity contribution in [2.24, 2.45) is 5.73 Å². The molecule has 0 spiro atoms. The van der Waals surface area contributed by atoms with Crippen LogP contribution in [0.25, 0.3) is 0 Å². The van der Waals surface area contributed by atoms with E-state index in [1.807, 2.05) is 26.8 Å². The molecule has 0 fully saturated rings. The first-order chi connectivity index (χ1) is 5.57. The van der Waals surface area contributed by atoms with E-state index in [2.05, 4.69) is 5.32 Å². The van der Waals surface area contributed by atoms with Crippen LogP contribution in [0, 0.1) is 0 Å². The first-order valence-corrected chi connectivity index (χ1v) is 4.24. The molecule has 0 heterocycles. The van der Waals surface area contributed by atoms with Gasteiger partial charge in [0.2, 0.25) is 5.91 Å². The van der Waals surface area contributed by atoms with Crippen LogP contribution < -0.4 is 11.1 Å². The number of nitrogens with two attached hydrogens (primary N) is 1. The van der Waals surface area contributed by atoms with Gasteiger partial charge in [-0.05, 0) is 20.3 Å². The van der Waals surface area contributed by atoms with Crippen molar-refractivity contribution in [3.63, 3.8) is 0 Å². The Balaban J connectivity index is 3.65. The Labute approximate surface area is 74.0 Å². The lowest BCUT2D eigenvalue weighted by atomic mass is 10.2. The number of carbonyl (C=O) groups is 1. The summed E-state index contributed by atoms with van der Waals surface area (Å²) in [7, 11) is 0. The topological polar surface area (TPSA) is 55.1 Å². The summed E-state index contributed by atoms with van der Waals surface area (Å²) in [5.74, 6) is -0.0741. The number of hydrogen-bond donors (Lipinski definition) is 2. The monoisotopic (exact) mass is 170 g/mol. The molecule has 70 valence electrons. The first kappa shape index (κ1) is 11.2. The predicted octanol–water partition coefficient (Wildman–Crippen LogP) is 0.806. The largest absolute Gasteiger partial charge is 0.351 e. The van der Waals surface area contributed by atoms with Crippen LogP contribution in [0.1, 0.15) is 27.2 Å². The molecule has 0 saturated heterocycles. The van der Waals surface area contributed by atoms with Gasteiger partial charge >= 0.3 is 0 Å². The van der Waals surface area contributed by atoms with Crippen molar-refractivity contribution in [1.29, 1.82) is 0 Å². The molecular weight excluding hydrogens is 152 g/mol. The maximum atomic E-state index is 11.1. The van der Waals surface area contributed by atoms with E-state index in [1.165, 1.54) is 5.57 Å². The lowest BCUT2D eigenvalue weighted by Crippen LogP contribution is -2.40. The normalized spacial score (nSPS) is 12.0. The molecule has 1 unspecified atom stereocenters. The summed E-state index contributed by atoms with van der Waals surface area (Å²) in [6.45, 7) is 6.46. The highest BCUT2D eigenvalue weighted by atomic mass is 16.2. The van der Waals surface area contributed by atoms with Crippen LogP contribution in [0.2, 0.25) is 0 Å². The summed E-state index contributed by atoms with van der Waals surface area (Å²) in [5.41, 5.74) is 6.70. The Morgan fingerprint density at radius 3 is 2.58 bits per heavy atom. The van der Waals surface area contributed by atoms with Crippen molar-refractivity contribution >= 4 is 5.91 Å². The third-order valence-electron chi connectivity index (χ3n) is 1.56. The van der Waals surface area contributed by atoms with Gasteiger partial charge in [0, 0.05) is 6.54 Å². The highest BCUT2D eigenvalue weighted by molar-refractivity contribution is 5.81. The van der Waals surface area contributed by atoms with Crippen LogP contribution in [0.5, 0.6) is 0 Å². The van der Waals surface area contributed by atoms with Crippen LogP contribution in [-0.2, 0) is 4.79 Å². The fourth-order valence-electron chi connectivity index (χ4n) is 0.672. The molecule has 0 radical (unpaired) electrons. The molecule has 1 atom stereocenters. The van der Waals surface area contributed by atoms with E-state index in [1.54, 1.807) is 0 Å². The zero-order valence-electron chi connectivity index (χ0n) is 8.05. The first-order valence-electron chi connectivity index (χ1n) is 4.24. The van der Waals surface area contributed by atoms with Crippen molar-refractivity contribution in [2.45, 2.75) is 33.2 Å². The lowest BCUT2D eigenvalue weighted by Gasteiger charge is -2.07. The van der Waals surface area contributed by atoms with Gasteiger partial charge in [0.15, 0.2) is 0 Å². The van der Waals surface area contributed by atoms with Crippen LogP contribution >= 0.6 is 0 Å². The average molecular weight is 170 g/mol. The molecule has 0 aromatic rings. The van der Waals surface area contributed by atoms with E-state index >= 15 is 0 Å². The number of amides is 1. The molecule has 0 bridgehead atoms. The molecule has 3 N–H and O–H groups in total. The van der Waals surface area contributed by atoms with E-state index < -0.39 is 0 Å². The zero-order chi connectivity index (χ0) is 9.56. The second-order valence-corrected chi connectivity index (χ2v) is 3.04. The number of carbonyl (C=O) groups excluding carboxylic acids is 1. The molecular formula is C9H18N2O. The fourth-order valence-corrected chi connectivity index (χ4v) is 0.672. The number of nitrogens with one attached hydrogen (secondary N) is 1. The second kappa shape index (κ2) is 5.77. The minimum Gasteiger partial charge on any atom is -0.351 e. The predicted molar refractivity (Wildman–Crippen MR) is 50.7 cm³/mol. The second-order valence-electron chi connectivity index (χ2n) is 3.04. The summed E-state index contributed by atoms with van der Waals surface area (Å²) < 4.78 is 0. The van der Waals surface area contributed by atoms with Gasteiger partial charge in [0.25, 0.3) is 0 Å². The maximum absolute atomic E-state index is 11.1. The van der Waals surface area contributed by atoms with Crippen LogP contribution in [0.4, 0.5) is 0 Å². The Morgan fingerprint density at radius 1 is 1.58 bits per heavy atom. The lowest BCUT2D eigenvalue weighted by molar-refractivity contribution is -0.122. The highest BCUT2D eigenvalue weighted by Gasteiger charge is 2.08. The van der Waals surface area contributed by atoms with Gasteiger partial charge in [0.05, 0.1) is 6.04 Å². The number of allylic oxidation sites excluding steroid dienone is 1. The van der Waals surface area contributed by atoms with Gasteiger partial charge in [-0.2, -0.15) is 0 Å². The summed E-state index contributed by atoms with van der Waals surface area (Å²) in [5, 5.41) is 2.72. The van der Waals surface area contributed by atoms with Crippen molar-refractivity contribution in [3.8, 4) is 0 Å². The third-order valence-corrected chi connectivity index (χ3v) is 1.56. The van der Waals surface area contributed by atoms with Crippen molar-refractivity contribution < 1.29 is 4.79 Å². The fraction of sp³-hybridized carbons (Fsp3) is 0.667. The maximum Gasteiger partial charge on any atom is 0.237 e. The van der Waals surface area contributed by atoms with Crippen molar-refractivity contribution in [2.75, 3.05) is 6.54 Å². The molecule has 0 aromatic carbocycles. The van der Waals surface area contributed by atoms with E-state index in [-0.39, 0.29) is 11.9 Å². The molecule has 0 aliphatic rings. The summed E-state index contributed by atoms with van der Waals surface area (Å²) in [6.07, 6.45) is 2.64. The van der Waals surface area contributed by atoms with Gasteiger partial charge < -0.3 is 11.1 Å². The molecule has 12 heavy (non-hydrogen) atoms. The van der Waals surface area contributed by atoms with Crippen LogP contribution in [0.15, 0.2) is 11.6 Å². The molecule has 0 aliphatic heterocycles. The van der Waals surface area contributed by atoms with E-state index in [4.69, 9.17) is 5.73 Å². The third kappa shape index (κ3) is 4.91. The SMILES string of the molecule is CCC(N)C(=O)NCC=C(C)C. The van der Waals surface area contributed by atoms with Gasteiger partial charge in [0.1, 0.15) is 0 Å². The van der Waals surface area contributed by atoms with Gasteiger partial charge in [-0.25, -0.2) is 0 Å². The summed E-state index contributed by atoms with van der Waals surface area (Å²) >= 11 is 0.